The van der Waals surface area contributed by atoms with Crippen molar-refractivity contribution in [3.8, 4) is 0 Å². The second-order valence-electron chi connectivity index (χ2n) is 14.6. The quantitative estimate of drug-likeness (QED) is 0.0203. The summed E-state index contributed by atoms with van der Waals surface area (Å²) < 4.78 is 33.8. The van der Waals surface area contributed by atoms with Crippen molar-refractivity contribution in [3.63, 3.8) is 0 Å². The Hall–Kier alpha value is -2.55. The lowest BCUT2D eigenvalue weighted by atomic mass is 10.1. The van der Waals surface area contributed by atoms with Crippen LogP contribution in [0, 0.1) is 0 Å². The number of esters is 2. The Labute approximate surface area is 329 Å². The van der Waals surface area contributed by atoms with Crippen LogP contribution in [0.4, 0.5) is 0 Å². The predicted octanol–water partition coefficient (Wildman–Crippen LogP) is 10.8. The number of carbonyl (C=O) groups excluding carboxylic acids is 2. The molecule has 0 aromatic heterocycles. The van der Waals surface area contributed by atoms with Gasteiger partial charge in [-0.15, -0.1) is 0 Å². The number of ether oxygens (including phenoxy) is 2. The molecule has 0 aromatic rings. The maximum atomic E-state index is 12.6. The summed E-state index contributed by atoms with van der Waals surface area (Å²) >= 11 is 0. The number of allylic oxidation sites excluding steroid dienone is 12. The second-order valence-corrected chi connectivity index (χ2v) is 16.0. The molecule has 0 amide bonds. The summed E-state index contributed by atoms with van der Waals surface area (Å²) in [4.78, 5) is 37.4. The number of phosphoric ester groups is 1. The average Bonchev–Trinajstić information content (AvgIpc) is 3.12. The molecular weight excluding hydrogens is 701 g/mol. The summed E-state index contributed by atoms with van der Waals surface area (Å²) in [5.41, 5.74) is 0. The van der Waals surface area contributed by atoms with Gasteiger partial charge in [0.15, 0.2) is 6.10 Å². The van der Waals surface area contributed by atoms with Crippen LogP contribution < -0.4 is 4.89 Å². The van der Waals surface area contributed by atoms with Crippen molar-refractivity contribution in [1.29, 1.82) is 0 Å². The van der Waals surface area contributed by atoms with E-state index in [4.69, 9.17) is 18.5 Å². The lowest BCUT2D eigenvalue weighted by molar-refractivity contribution is -0.870. The molecule has 0 radical (unpaired) electrons. The van der Waals surface area contributed by atoms with Crippen LogP contribution in [-0.4, -0.2) is 70.0 Å². The summed E-state index contributed by atoms with van der Waals surface area (Å²) in [5.74, 6) is -0.908. The number of quaternary nitrogens is 1. The average molecular weight is 778 g/mol. The first-order valence-corrected chi connectivity index (χ1v) is 22.1. The molecule has 0 saturated heterocycles. The SMILES string of the molecule is CC/C=C/C/C=C/C/C=C/C/C=C/CCCCC(=O)OC[C@H](COP(=O)([O-])OCC[N+](C)(C)C)OC(=O)CCCCCCC/C=C/C/C=C/CCCCC. The maximum Gasteiger partial charge on any atom is 0.306 e. The Kier molecular flexibility index (Phi) is 34.4. The fraction of sp³-hybridized carbons (Fsp3) is 0.682. The topological polar surface area (TPSA) is 111 Å². The highest BCUT2D eigenvalue weighted by atomic mass is 31.2. The van der Waals surface area contributed by atoms with Crippen LogP contribution in [0.5, 0.6) is 0 Å². The molecule has 310 valence electrons. The summed E-state index contributed by atoms with van der Waals surface area (Å²) in [6.07, 6.45) is 43.6. The van der Waals surface area contributed by atoms with E-state index >= 15 is 0 Å². The van der Waals surface area contributed by atoms with Gasteiger partial charge in [0.05, 0.1) is 27.7 Å². The van der Waals surface area contributed by atoms with Crippen molar-refractivity contribution in [2.24, 2.45) is 0 Å². The molecule has 0 fully saturated rings. The number of likely N-dealkylation sites (N-methyl/N-ethyl adjacent to an activating group) is 1. The first kappa shape index (κ1) is 51.5. The van der Waals surface area contributed by atoms with Crippen LogP contribution >= 0.6 is 7.82 Å². The van der Waals surface area contributed by atoms with Gasteiger partial charge in [-0.25, -0.2) is 0 Å². The van der Waals surface area contributed by atoms with Gasteiger partial charge in [-0.3, -0.25) is 14.2 Å². The van der Waals surface area contributed by atoms with E-state index in [9.17, 15) is 19.0 Å². The predicted molar refractivity (Wildman–Crippen MR) is 222 cm³/mol. The van der Waals surface area contributed by atoms with Gasteiger partial charge in [-0.1, -0.05) is 119 Å². The van der Waals surface area contributed by atoms with Gasteiger partial charge in [0.1, 0.15) is 19.8 Å². The minimum Gasteiger partial charge on any atom is -0.756 e. The summed E-state index contributed by atoms with van der Waals surface area (Å²) in [7, 11) is 1.12. The molecular formula is C44H76NO8P. The van der Waals surface area contributed by atoms with Gasteiger partial charge in [0.25, 0.3) is 7.82 Å². The molecule has 54 heavy (non-hydrogen) atoms. The molecule has 1 unspecified atom stereocenters. The number of hydrogen-bond acceptors (Lipinski definition) is 8. The van der Waals surface area contributed by atoms with Gasteiger partial charge >= 0.3 is 11.9 Å². The Morgan fingerprint density at radius 2 is 1.06 bits per heavy atom. The van der Waals surface area contributed by atoms with Crippen LogP contribution in [0.25, 0.3) is 0 Å². The first-order chi connectivity index (χ1) is 26.0. The van der Waals surface area contributed by atoms with E-state index < -0.39 is 32.5 Å². The third-order valence-electron chi connectivity index (χ3n) is 8.21. The molecule has 10 heteroatoms. The Morgan fingerprint density at radius 1 is 0.593 bits per heavy atom. The molecule has 0 N–H and O–H groups in total. The third-order valence-corrected chi connectivity index (χ3v) is 9.17. The Balaban J connectivity index is 4.51. The van der Waals surface area contributed by atoms with Gasteiger partial charge in [-0.05, 0) is 83.5 Å². The summed E-state index contributed by atoms with van der Waals surface area (Å²) in [6.45, 7) is 3.99. The lowest BCUT2D eigenvalue weighted by Gasteiger charge is -2.28. The van der Waals surface area contributed by atoms with Crippen LogP contribution in [0.2, 0.25) is 0 Å². The molecule has 0 aliphatic heterocycles. The molecule has 2 atom stereocenters. The summed E-state index contributed by atoms with van der Waals surface area (Å²) in [6, 6.07) is 0. The molecule has 9 nitrogen and oxygen atoms in total. The first-order valence-electron chi connectivity index (χ1n) is 20.6. The molecule has 0 spiro atoms. The zero-order valence-electron chi connectivity index (χ0n) is 34.6. The van der Waals surface area contributed by atoms with E-state index in [1.54, 1.807) is 0 Å². The lowest BCUT2D eigenvalue weighted by Crippen LogP contribution is -2.37. The fourth-order valence-corrected chi connectivity index (χ4v) is 5.70. The molecule has 0 aromatic carbocycles. The van der Waals surface area contributed by atoms with Crippen molar-refractivity contribution in [3.05, 3.63) is 72.9 Å². The third kappa shape index (κ3) is 39.2. The fourth-order valence-electron chi connectivity index (χ4n) is 4.97. The van der Waals surface area contributed by atoms with E-state index in [2.05, 4.69) is 86.8 Å². The normalized spacial score (nSPS) is 14.4. The van der Waals surface area contributed by atoms with Gasteiger partial charge < -0.3 is 27.9 Å². The van der Waals surface area contributed by atoms with Crippen molar-refractivity contribution in [2.75, 3.05) is 47.5 Å². The van der Waals surface area contributed by atoms with E-state index in [1.807, 2.05) is 21.1 Å². The number of unbranched alkanes of at least 4 members (excludes halogenated alkanes) is 10. The van der Waals surface area contributed by atoms with Crippen LogP contribution in [0.1, 0.15) is 142 Å². The highest BCUT2D eigenvalue weighted by Crippen LogP contribution is 2.38. The highest BCUT2D eigenvalue weighted by Gasteiger charge is 2.21. The number of phosphoric acid groups is 1. The van der Waals surface area contributed by atoms with Crippen molar-refractivity contribution in [2.45, 2.75) is 148 Å². The van der Waals surface area contributed by atoms with Gasteiger partial charge in [-0.2, -0.15) is 0 Å². The minimum atomic E-state index is -4.64. The van der Waals surface area contributed by atoms with E-state index in [0.717, 1.165) is 77.0 Å². The monoisotopic (exact) mass is 778 g/mol. The molecule has 0 saturated carbocycles. The van der Waals surface area contributed by atoms with Gasteiger partial charge in [0.2, 0.25) is 0 Å². The highest BCUT2D eigenvalue weighted by molar-refractivity contribution is 7.45. The maximum absolute atomic E-state index is 12.6. The van der Waals surface area contributed by atoms with Crippen LogP contribution in [-0.2, 0) is 32.7 Å². The Morgan fingerprint density at radius 3 is 1.61 bits per heavy atom. The zero-order chi connectivity index (χ0) is 40.0. The number of rotatable bonds is 36. The smallest absolute Gasteiger partial charge is 0.306 e. The number of hydrogen-bond donors (Lipinski definition) is 0. The largest absolute Gasteiger partial charge is 0.756 e. The molecule has 0 aliphatic carbocycles. The van der Waals surface area contributed by atoms with E-state index in [1.165, 1.54) is 25.7 Å². The summed E-state index contributed by atoms with van der Waals surface area (Å²) in [5, 5.41) is 0. The Bertz CT molecular complexity index is 1150. The van der Waals surface area contributed by atoms with Crippen LogP contribution in [0.3, 0.4) is 0 Å². The molecule has 0 aliphatic rings. The zero-order valence-corrected chi connectivity index (χ0v) is 35.5. The molecule has 0 bridgehead atoms. The molecule has 0 rings (SSSR count). The standard InChI is InChI=1S/C44H76NO8P/c1-6-8-10-12-14-16-18-20-22-24-26-28-30-32-34-36-43(46)50-40-42(41-52-54(48,49)51-39-38-45(3,4)5)53-44(47)37-35-33-31-29-27-25-23-21-19-17-15-13-11-9-7-2/h8,10,14-17,20-23,26,28,42H,6-7,9,11-13,18-19,24-25,27,29-41H2,1-5H3/b10-8+,16-14+,17-15+,22-20+,23-21+,28-26+/t42-/m1/s1. The second kappa shape index (κ2) is 36.1. The van der Waals surface area contributed by atoms with Crippen molar-refractivity contribution in [1.82, 2.24) is 0 Å². The van der Waals surface area contributed by atoms with Crippen molar-refractivity contribution < 1.29 is 42.1 Å². The van der Waals surface area contributed by atoms with E-state index in [-0.39, 0.29) is 26.1 Å². The van der Waals surface area contributed by atoms with Gasteiger partial charge in [0, 0.05) is 12.8 Å². The minimum absolute atomic E-state index is 0.0442. The van der Waals surface area contributed by atoms with Crippen molar-refractivity contribution >= 4 is 19.8 Å². The number of nitrogens with zero attached hydrogens (tertiary/aromatic N) is 1. The molecule has 0 heterocycles. The van der Waals surface area contributed by atoms with Crippen LogP contribution in [0.15, 0.2) is 72.9 Å². The number of carbonyl (C=O) groups is 2. The van der Waals surface area contributed by atoms with E-state index in [0.29, 0.717) is 23.9 Å².